The van der Waals surface area contributed by atoms with Crippen molar-refractivity contribution < 1.29 is 4.52 Å². The van der Waals surface area contributed by atoms with E-state index in [4.69, 9.17) is 9.62 Å². The lowest BCUT2D eigenvalue weighted by molar-refractivity contribution is 0.400. The topological polar surface area (TPSA) is 45.4 Å². The fraction of sp³-hybridized carbons (Fsp3) is 0.435. The minimum atomic E-state index is -0.146. The number of aromatic nitrogens is 2. The number of hydrogen-bond donors (Lipinski definition) is 0. The van der Waals surface area contributed by atoms with Crippen LogP contribution < -0.4 is 26.3 Å². The molecule has 0 amide bonds. The Balaban J connectivity index is 1.60. The van der Waals surface area contributed by atoms with Crippen LogP contribution in [0, 0.1) is 0 Å². The van der Waals surface area contributed by atoms with Gasteiger partial charge in [-0.2, -0.15) is 0 Å². The normalized spacial score (nSPS) is 14.7. The van der Waals surface area contributed by atoms with Crippen LogP contribution in [0.2, 0.25) is 0 Å². The number of anilines is 6. The molecule has 0 atom stereocenters. The maximum absolute atomic E-state index is 6.27. The van der Waals surface area contributed by atoms with E-state index >= 15 is 0 Å². The first-order valence-corrected chi connectivity index (χ1v) is 19.0. The Hall–Kier alpha value is -4.32. The third kappa shape index (κ3) is 6.06. The minimum absolute atomic E-state index is 0.0320. The van der Waals surface area contributed by atoms with Crippen LogP contribution in [0.3, 0.4) is 0 Å². The molecule has 3 heterocycles. The maximum atomic E-state index is 6.27. The molecule has 0 saturated carbocycles. The molecule has 5 aromatic rings. The SMILES string of the molecule is CC(C)(C)c1ccc(N2c3ccc(C(C)(C)C)cc3B3c4nnoc4N(c4cc(C(C)(C)C)cc(C(C)(C)C)c4)c4cc(C(C)(C)C)cc2c43)cc1. The van der Waals surface area contributed by atoms with E-state index in [1.165, 1.54) is 44.4 Å². The predicted octanol–water partition coefficient (Wildman–Crippen LogP) is 10.6. The molecule has 0 N–H and O–H groups in total. The number of hydrogen-bond acceptors (Lipinski definition) is 5. The van der Waals surface area contributed by atoms with Gasteiger partial charge >= 0.3 is 0 Å². The summed E-state index contributed by atoms with van der Waals surface area (Å²) in [5.41, 5.74) is 15.2. The van der Waals surface area contributed by atoms with Crippen molar-refractivity contribution in [2.24, 2.45) is 0 Å². The van der Waals surface area contributed by atoms with E-state index in [2.05, 4.69) is 192 Å². The highest BCUT2D eigenvalue weighted by Crippen LogP contribution is 2.47. The Morgan fingerprint density at radius 1 is 0.462 bits per heavy atom. The summed E-state index contributed by atoms with van der Waals surface area (Å²) in [4.78, 5) is 4.80. The van der Waals surface area contributed by atoms with Crippen molar-refractivity contribution in [2.45, 2.75) is 131 Å². The fourth-order valence-electron chi connectivity index (χ4n) is 7.64. The molecule has 5 nitrogen and oxygen atoms in total. The lowest BCUT2D eigenvalue weighted by Gasteiger charge is -2.43. The molecule has 0 unspecified atom stereocenters. The molecule has 4 aromatic carbocycles. The van der Waals surface area contributed by atoms with E-state index in [9.17, 15) is 0 Å². The van der Waals surface area contributed by atoms with Gasteiger partial charge in [0, 0.05) is 33.7 Å². The molecule has 6 heteroatoms. The molecule has 1 aromatic heterocycles. The second kappa shape index (κ2) is 11.6. The quantitative estimate of drug-likeness (QED) is 0.169. The van der Waals surface area contributed by atoms with Crippen LogP contribution >= 0.6 is 0 Å². The van der Waals surface area contributed by atoms with Gasteiger partial charge in [-0.3, -0.25) is 4.90 Å². The Morgan fingerprint density at radius 2 is 0.942 bits per heavy atom. The van der Waals surface area contributed by atoms with E-state index in [1.807, 2.05) is 0 Å². The molecule has 0 saturated heterocycles. The van der Waals surface area contributed by atoms with Crippen molar-refractivity contribution in [2.75, 3.05) is 9.80 Å². The summed E-state index contributed by atoms with van der Waals surface area (Å²) < 4.78 is 6.27. The van der Waals surface area contributed by atoms with Crippen molar-refractivity contribution in [1.82, 2.24) is 10.4 Å². The first-order chi connectivity index (χ1) is 23.9. The van der Waals surface area contributed by atoms with Gasteiger partial charge in [-0.25, -0.2) is 0 Å². The zero-order valence-corrected chi connectivity index (χ0v) is 34.2. The molecule has 0 bridgehead atoms. The first-order valence-electron chi connectivity index (χ1n) is 19.0. The van der Waals surface area contributed by atoms with Gasteiger partial charge in [0.2, 0.25) is 0 Å². The Kier molecular flexibility index (Phi) is 8.04. The molecule has 52 heavy (non-hydrogen) atoms. The van der Waals surface area contributed by atoms with Crippen molar-refractivity contribution in [3.63, 3.8) is 0 Å². The van der Waals surface area contributed by atoms with E-state index in [1.54, 1.807) is 0 Å². The lowest BCUT2D eigenvalue weighted by Crippen LogP contribution is -2.62. The standard InChI is InChI=1S/C46H57BN4O/c1-42(2,3)28-16-19-33(20-17-28)50-36-21-18-29(43(4,5)6)25-35(36)47-39-37(50)26-32(46(13,14)15)27-38(39)51(41-40(47)48-49-52-41)34-23-30(44(7,8)9)22-31(24-34)45(10,11)12/h16-27H,1-15H3. The van der Waals surface area contributed by atoms with Gasteiger partial charge in [0.1, 0.15) is 5.59 Å². The highest BCUT2D eigenvalue weighted by atomic mass is 16.5. The summed E-state index contributed by atoms with van der Waals surface area (Å²) in [7, 11) is 0. The smallest absolute Gasteiger partial charge is 0.282 e. The summed E-state index contributed by atoms with van der Waals surface area (Å²) >= 11 is 0. The first kappa shape index (κ1) is 36.1. The summed E-state index contributed by atoms with van der Waals surface area (Å²) in [6.45, 7) is 34.2. The molecule has 0 spiro atoms. The molecule has 0 fully saturated rings. The number of nitrogens with zero attached hydrogens (tertiary/aromatic N) is 4. The van der Waals surface area contributed by atoms with Gasteiger partial charge in [-0.15, -0.1) is 5.10 Å². The average molecular weight is 693 g/mol. The van der Waals surface area contributed by atoms with Crippen molar-refractivity contribution >= 4 is 57.6 Å². The average Bonchev–Trinajstić information content (AvgIpc) is 3.51. The van der Waals surface area contributed by atoms with Crippen LogP contribution in [0.4, 0.5) is 34.3 Å². The Bertz CT molecular complexity index is 2140. The second-order valence-electron chi connectivity index (χ2n) is 20.3. The van der Waals surface area contributed by atoms with Gasteiger partial charge < -0.3 is 9.42 Å². The highest BCUT2D eigenvalue weighted by molar-refractivity contribution is 6.99. The van der Waals surface area contributed by atoms with Crippen LogP contribution in [-0.4, -0.2) is 17.1 Å². The van der Waals surface area contributed by atoms with Crippen LogP contribution in [0.15, 0.2) is 77.3 Å². The molecule has 270 valence electrons. The zero-order chi connectivity index (χ0) is 37.9. The summed E-state index contributed by atoms with van der Waals surface area (Å²) in [6.07, 6.45) is 0. The highest BCUT2D eigenvalue weighted by Gasteiger charge is 2.48. The third-order valence-corrected chi connectivity index (χ3v) is 11.1. The maximum Gasteiger partial charge on any atom is 0.282 e. The Labute approximate surface area is 312 Å². The molecule has 2 aliphatic rings. The van der Waals surface area contributed by atoms with Crippen molar-refractivity contribution in [1.29, 1.82) is 0 Å². The van der Waals surface area contributed by atoms with E-state index in [0.29, 0.717) is 5.88 Å². The third-order valence-electron chi connectivity index (χ3n) is 11.1. The van der Waals surface area contributed by atoms with Crippen molar-refractivity contribution in [3.05, 3.63) is 101 Å². The van der Waals surface area contributed by atoms with Crippen LogP contribution in [-0.2, 0) is 27.1 Å². The zero-order valence-electron chi connectivity index (χ0n) is 34.2. The summed E-state index contributed by atoms with van der Waals surface area (Å²) in [5, 5.41) is 9.12. The molecule has 2 aliphatic heterocycles. The molecule has 0 aliphatic carbocycles. The van der Waals surface area contributed by atoms with E-state index in [-0.39, 0.29) is 33.8 Å². The molecular formula is C46H57BN4O. The number of fused-ring (bicyclic) bond motifs is 4. The molecule has 0 radical (unpaired) electrons. The van der Waals surface area contributed by atoms with Crippen LogP contribution in [0.25, 0.3) is 0 Å². The van der Waals surface area contributed by atoms with Crippen molar-refractivity contribution in [3.8, 4) is 0 Å². The lowest BCUT2D eigenvalue weighted by atomic mass is 9.35. The van der Waals surface area contributed by atoms with Gasteiger partial charge in [0.25, 0.3) is 12.6 Å². The van der Waals surface area contributed by atoms with E-state index < -0.39 is 0 Å². The molecule has 7 rings (SSSR count). The van der Waals surface area contributed by atoms with Gasteiger partial charge in [0.15, 0.2) is 0 Å². The second-order valence-corrected chi connectivity index (χ2v) is 20.3. The van der Waals surface area contributed by atoms with Gasteiger partial charge in [0.05, 0.1) is 0 Å². The molecular weight excluding hydrogens is 635 g/mol. The minimum Gasteiger partial charge on any atom is -0.319 e. The van der Waals surface area contributed by atoms with E-state index in [0.717, 1.165) is 28.3 Å². The number of benzene rings is 4. The largest absolute Gasteiger partial charge is 0.319 e. The summed E-state index contributed by atoms with van der Waals surface area (Å²) in [5.74, 6) is 0.690. The van der Waals surface area contributed by atoms with Gasteiger partial charge in [-0.1, -0.05) is 134 Å². The predicted molar refractivity (Wildman–Crippen MR) is 222 cm³/mol. The summed E-state index contributed by atoms with van der Waals surface area (Å²) in [6, 6.07) is 28.1. The number of rotatable bonds is 2. The van der Waals surface area contributed by atoms with Crippen LogP contribution in [0.1, 0.15) is 132 Å². The van der Waals surface area contributed by atoms with Crippen LogP contribution in [0.5, 0.6) is 0 Å². The fourth-order valence-corrected chi connectivity index (χ4v) is 7.64. The Morgan fingerprint density at radius 3 is 1.46 bits per heavy atom. The monoisotopic (exact) mass is 692 g/mol. The van der Waals surface area contributed by atoms with Gasteiger partial charge in [-0.05, 0) is 108 Å².